The van der Waals surface area contributed by atoms with Crippen LogP contribution in [0.4, 0.5) is 0 Å². The summed E-state index contributed by atoms with van der Waals surface area (Å²) in [4.78, 5) is 37.6. The van der Waals surface area contributed by atoms with Gasteiger partial charge in [0, 0.05) is 24.4 Å². The lowest BCUT2D eigenvalue weighted by Gasteiger charge is -2.31. The van der Waals surface area contributed by atoms with Gasteiger partial charge in [0.25, 0.3) is 11.8 Å². The number of carboxylic acid groups (broad SMARTS) is 1. The van der Waals surface area contributed by atoms with Crippen molar-refractivity contribution in [3.8, 4) is 11.1 Å². The van der Waals surface area contributed by atoms with Crippen molar-refractivity contribution in [2.75, 3.05) is 0 Å². The Bertz CT molecular complexity index is 1280. The van der Waals surface area contributed by atoms with E-state index in [0.29, 0.717) is 28.7 Å². The molecule has 2 heterocycles. The van der Waals surface area contributed by atoms with E-state index in [4.69, 9.17) is 23.2 Å². The minimum atomic E-state index is -0.934. The number of aryl methyl sites for hydroxylation is 1. The molecule has 0 spiro atoms. The van der Waals surface area contributed by atoms with Crippen molar-refractivity contribution < 1.29 is 19.5 Å². The first-order valence-electron chi connectivity index (χ1n) is 10.6. The zero-order chi connectivity index (χ0) is 24.6. The molecular formula is C24H22Cl2N4O4. The summed E-state index contributed by atoms with van der Waals surface area (Å²) >= 11 is 12.9. The second-order valence-electron chi connectivity index (χ2n) is 8.13. The highest BCUT2D eigenvalue weighted by Crippen LogP contribution is 2.34. The maximum Gasteiger partial charge on any atom is 0.303 e. The predicted molar refractivity (Wildman–Crippen MR) is 128 cm³/mol. The minimum Gasteiger partial charge on any atom is -0.481 e. The molecule has 2 amide bonds. The van der Waals surface area contributed by atoms with Gasteiger partial charge < -0.3 is 5.11 Å². The maximum atomic E-state index is 13.3. The summed E-state index contributed by atoms with van der Waals surface area (Å²) in [6.07, 6.45) is 3.94. The first-order valence-corrected chi connectivity index (χ1v) is 11.4. The van der Waals surface area contributed by atoms with E-state index >= 15 is 0 Å². The molecule has 0 aliphatic carbocycles. The Kier molecular flexibility index (Phi) is 6.63. The lowest BCUT2D eigenvalue weighted by Crippen LogP contribution is -2.50. The smallest absolute Gasteiger partial charge is 0.303 e. The Hall–Kier alpha value is -3.36. The number of hydrazine groups is 1. The quantitative estimate of drug-likeness (QED) is 0.511. The van der Waals surface area contributed by atoms with E-state index in [1.54, 1.807) is 54.5 Å². The van der Waals surface area contributed by atoms with Crippen molar-refractivity contribution in [1.29, 1.82) is 0 Å². The summed E-state index contributed by atoms with van der Waals surface area (Å²) in [6.45, 7) is 1.97. The fraction of sp³-hybridized carbons (Fsp3) is 0.250. The van der Waals surface area contributed by atoms with Crippen LogP contribution < -0.4 is 5.43 Å². The van der Waals surface area contributed by atoms with Gasteiger partial charge in [-0.1, -0.05) is 48.3 Å². The van der Waals surface area contributed by atoms with Gasteiger partial charge in [-0.2, -0.15) is 5.10 Å². The van der Waals surface area contributed by atoms with Gasteiger partial charge in [-0.25, -0.2) is 5.01 Å². The molecule has 2 aromatic carbocycles. The Morgan fingerprint density at radius 3 is 2.50 bits per heavy atom. The molecule has 1 aromatic heterocycles. The van der Waals surface area contributed by atoms with E-state index in [0.717, 1.165) is 5.56 Å². The normalized spacial score (nSPS) is 13.9. The van der Waals surface area contributed by atoms with E-state index in [1.807, 2.05) is 6.92 Å². The van der Waals surface area contributed by atoms with Crippen LogP contribution in [0.3, 0.4) is 0 Å². The molecule has 1 aliphatic rings. The van der Waals surface area contributed by atoms with Gasteiger partial charge in [-0.3, -0.25) is 24.5 Å². The Morgan fingerprint density at radius 2 is 1.91 bits per heavy atom. The molecule has 4 rings (SSSR count). The monoisotopic (exact) mass is 500 g/mol. The Labute approximate surface area is 206 Å². The van der Waals surface area contributed by atoms with E-state index in [-0.39, 0.29) is 34.5 Å². The number of carbonyl (C=O) groups excluding carboxylic acids is 2. The van der Waals surface area contributed by atoms with E-state index in [1.165, 1.54) is 5.01 Å². The summed E-state index contributed by atoms with van der Waals surface area (Å²) < 4.78 is 1.64. The van der Waals surface area contributed by atoms with Crippen LogP contribution in [0.1, 0.15) is 57.5 Å². The largest absolute Gasteiger partial charge is 0.481 e. The summed E-state index contributed by atoms with van der Waals surface area (Å²) in [6, 6.07) is 8.54. The molecular weight excluding hydrogens is 479 g/mol. The lowest BCUT2D eigenvalue weighted by molar-refractivity contribution is -0.137. The van der Waals surface area contributed by atoms with Crippen molar-refractivity contribution in [2.45, 2.75) is 32.2 Å². The van der Waals surface area contributed by atoms with E-state index < -0.39 is 17.8 Å². The summed E-state index contributed by atoms with van der Waals surface area (Å²) in [5, 5.41) is 14.9. The number of rotatable bonds is 6. The first-order chi connectivity index (χ1) is 16.2. The molecule has 0 unspecified atom stereocenters. The number of nitrogens with zero attached hydrogens (tertiary/aromatic N) is 3. The number of hydrogen-bond donors (Lipinski definition) is 2. The number of carboxylic acids is 1. The highest BCUT2D eigenvalue weighted by atomic mass is 35.5. The molecule has 0 fully saturated rings. The van der Waals surface area contributed by atoms with Gasteiger partial charge in [-0.15, -0.1) is 0 Å². The van der Waals surface area contributed by atoms with Crippen molar-refractivity contribution in [2.24, 2.45) is 7.05 Å². The van der Waals surface area contributed by atoms with Crippen LogP contribution in [-0.4, -0.2) is 37.7 Å². The van der Waals surface area contributed by atoms with Gasteiger partial charge in [0.15, 0.2) is 0 Å². The molecule has 0 saturated heterocycles. The topological polar surface area (TPSA) is 105 Å². The van der Waals surface area contributed by atoms with Crippen LogP contribution >= 0.6 is 23.2 Å². The summed E-state index contributed by atoms with van der Waals surface area (Å²) in [5.74, 6) is -2.27. The van der Waals surface area contributed by atoms with Crippen LogP contribution in [0.15, 0.2) is 42.7 Å². The molecule has 0 radical (unpaired) electrons. The van der Waals surface area contributed by atoms with Crippen LogP contribution in [-0.2, 0) is 18.4 Å². The summed E-state index contributed by atoms with van der Waals surface area (Å²) in [7, 11) is 1.79. The molecule has 34 heavy (non-hydrogen) atoms. The van der Waals surface area contributed by atoms with Gasteiger partial charge in [0.05, 0.1) is 34.8 Å². The highest BCUT2D eigenvalue weighted by Gasteiger charge is 2.32. The van der Waals surface area contributed by atoms with Crippen molar-refractivity contribution in [1.82, 2.24) is 20.2 Å². The average Bonchev–Trinajstić information content (AvgIpc) is 3.22. The van der Waals surface area contributed by atoms with E-state index in [9.17, 15) is 19.5 Å². The third-order valence-electron chi connectivity index (χ3n) is 5.87. The molecule has 1 aliphatic heterocycles. The number of fused-ring (bicyclic) bond motifs is 1. The fourth-order valence-corrected chi connectivity index (χ4v) is 4.86. The number of nitrogens with one attached hydrogen (secondary N) is 1. The van der Waals surface area contributed by atoms with E-state index in [2.05, 4.69) is 10.5 Å². The molecule has 1 atom stereocenters. The zero-order valence-corrected chi connectivity index (χ0v) is 20.0. The van der Waals surface area contributed by atoms with Crippen LogP contribution in [0.5, 0.6) is 0 Å². The molecule has 176 valence electrons. The van der Waals surface area contributed by atoms with Crippen LogP contribution in [0.25, 0.3) is 11.1 Å². The van der Waals surface area contributed by atoms with Crippen LogP contribution in [0.2, 0.25) is 10.0 Å². The van der Waals surface area contributed by atoms with Crippen molar-refractivity contribution >= 4 is 41.0 Å². The molecule has 10 heteroatoms. The number of carbonyl (C=O) groups is 3. The van der Waals surface area contributed by atoms with Gasteiger partial charge in [0.1, 0.15) is 0 Å². The first kappa shape index (κ1) is 23.8. The molecule has 3 aromatic rings. The number of halogens is 2. The third-order valence-corrected chi connectivity index (χ3v) is 6.46. The number of aromatic nitrogens is 2. The average molecular weight is 501 g/mol. The number of benzene rings is 2. The second kappa shape index (κ2) is 9.48. The highest BCUT2D eigenvalue weighted by molar-refractivity contribution is 6.40. The van der Waals surface area contributed by atoms with Crippen LogP contribution in [0, 0.1) is 0 Å². The number of hydrogen-bond acceptors (Lipinski definition) is 4. The zero-order valence-electron chi connectivity index (χ0n) is 18.5. The number of amides is 2. The van der Waals surface area contributed by atoms with Gasteiger partial charge in [-0.05, 0) is 41.2 Å². The van der Waals surface area contributed by atoms with Gasteiger partial charge >= 0.3 is 5.97 Å². The fourth-order valence-electron chi connectivity index (χ4n) is 4.21. The van der Waals surface area contributed by atoms with Gasteiger partial charge in [0.2, 0.25) is 0 Å². The standard InChI is InChI=1S/C24H22Cl2N4O4/c1-3-13(9-20(31)32)17-6-4-5-14-12-30(28-23(33)21(14)17)24(34)22-18(25)7-15(8-19(22)26)16-10-27-29(2)11-16/h4-8,10-11,13H,3,9,12H2,1-2H3,(H,28,33)(H,31,32)/t13-/m1/s1. The Balaban J connectivity index is 1.65. The predicted octanol–water partition coefficient (Wildman–Crippen LogP) is 4.66. The molecule has 8 nitrogen and oxygen atoms in total. The van der Waals surface area contributed by atoms with Crippen molar-refractivity contribution in [3.05, 3.63) is 75.0 Å². The molecule has 0 bridgehead atoms. The summed E-state index contributed by atoms with van der Waals surface area (Å²) in [5.41, 5.74) is 5.88. The SMILES string of the molecule is CC[C@H](CC(=O)O)c1cccc2c1C(=O)NN(C(=O)c1c(Cl)cc(-c3cnn(C)c3)cc1Cl)C2. The third kappa shape index (κ3) is 4.51. The Morgan fingerprint density at radius 1 is 1.21 bits per heavy atom. The lowest BCUT2D eigenvalue weighted by atomic mass is 9.86. The maximum absolute atomic E-state index is 13.3. The molecule has 2 N–H and O–H groups in total. The number of aliphatic carboxylic acids is 1. The minimum absolute atomic E-state index is 0.0770. The second-order valence-corrected chi connectivity index (χ2v) is 8.95. The van der Waals surface area contributed by atoms with Crippen molar-refractivity contribution in [3.63, 3.8) is 0 Å². The molecule has 0 saturated carbocycles.